The molecule has 3 aliphatic rings. The van der Waals surface area contributed by atoms with Crippen molar-refractivity contribution in [1.29, 1.82) is 0 Å². The monoisotopic (exact) mass is 284 g/mol. The Hall–Kier alpha value is -0.420. The van der Waals surface area contributed by atoms with Crippen molar-refractivity contribution >= 4 is 17.8 Å². The fraction of sp³-hybridized carbons (Fsp3) is 0.929. The molecule has 0 aliphatic carbocycles. The zero-order chi connectivity index (χ0) is 13.1. The van der Waals surface area contributed by atoms with Gasteiger partial charge in [-0.3, -0.25) is 0 Å². The van der Waals surface area contributed by atoms with Gasteiger partial charge in [0.25, 0.3) is 0 Å². The number of likely N-dealkylation sites (tertiary alicyclic amines) is 1. The average Bonchev–Trinajstić information content (AvgIpc) is 3.14. The molecule has 0 spiro atoms. The summed E-state index contributed by atoms with van der Waals surface area (Å²) in [5, 5.41) is 3.76. The fourth-order valence-corrected chi connectivity index (χ4v) is 4.65. The average molecular weight is 284 g/mol. The maximum atomic E-state index is 12.3. The Labute approximate surface area is 119 Å². The number of thioether (sulfide) groups is 1. The van der Waals surface area contributed by atoms with Gasteiger partial charge in [-0.2, -0.15) is 11.8 Å². The standard InChI is InChI=1S/C14H24N2O2S/c17-14(15-10-11-4-3-9-19-11)16-7-1-5-12(16)13-6-2-8-18-13/h11-13H,1-10H2,(H,15,17)/t11-,12-,13-/m0/s1. The highest BCUT2D eigenvalue weighted by Gasteiger charge is 2.36. The molecule has 2 amide bonds. The first-order chi connectivity index (χ1) is 9.34. The van der Waals surface area contributed by atoms with Crippen LogP contribution in [0.3, 0.4) is 0 Å². The summed E-state index contributed by atoms with van der Waals surface area (Å²) in [6.07, 6.45) is 7.33. The highest BCUT2D eigenvalue weighted by atomic mass is 32.2. The van der Waals surface area contributed by atoms with Gasteiger partial charge in [0.05, 0.1) is 12.1 Å². The zero-order valence-corrected chi connectivity index (χ0v) is 12.3. The largest absolute Gasteiger partial charge is 0.376 e. The van der Waals surface area contributed by atoms with Crippen molar-refractivity contribution in [1.82, 2.24) is 10.2 Å². The minimum absolute atomic E-state index is 0.130. The Kier molecular flexibility index (Phi) is 4.53. The van der Waals surface area contributed by atoms with E-state index in [1.54, 1.807) is 0 Å². The number of nitrogens with one attached hydrogen (secondary N) is 1. The first kappa shape index (κ1) is 13.6. The van der Waals surface area contributed by atoms with Gasteiger partial charge in [-0.15, -0.1) is 0 Å². The summed E-state index contributed by atoms with van der Waals surface area (Å²) in [6, 6.07) is 0.448. The topological polar surface area (TPSA) is 41.6 Å². The summed E-state index contributed by atoms with van der Waals surface area (Å²) < 4.78 is 5.77. The SMILES string of the molecule is O=C(NC[C@@H]1CCCS1)N1CCC[C@H]1[C@@H]1CCCO1. The highest BCUT2D eigenvalue weighted by Crippen LogP contribution is 2.28. The Morgan fingerprint density at radius 1 is 1.26 bits per heavy atom. The molecule has 0 aromatic heterocycles. The van der Waals surface area contributed by atoms with Gasteiger partial charge in [-0.05, 0) is 44.3 Å². The quantitative estimate of drug-likeness (QED) is 0.864. The molecule has 3 aliphatic heterocycles. The lowest BCUT2D eigenvalue weighted by Crippen LogP contribution is -2.48. The van der Waals surface area contributed by atoms with Crippen LogP contribution < -0.4 is 5.32 Å². The van der Waals surface area contributed by atoms with Crippen LogP contribution in [0.4, 0.5) is 4.79 Å². The van der Waals surface area contributed by atoms with Crippen LogP contribution in [-0.4, -0.2) is 53.8 Å². The Balaban J connectivity index is 1.49. The van der Waals surface area contributed by atoms with Crippen molar-refractivity contribution in [3.05, 3.63) is 0 Å². The van der Waals surface area contributed by atoms with Crippen LogP contribution in [0.2, 0.25) is 0 Å². The van der Waals surface area contributed by atoms with Crippen LogP contribution in [0, 0.1) is 0 Å². The molecule has 1 N–H and O–H groups in total. The zero-order valence-electron chi connectivity index (χ0n) is 11.5. The van der Waals surface area contributed by atoms with E-state index in [0.717, 1.165) is 45.4 Å². The highest BCUT2D eigenvalue weighted by molar-refractivity contribution is 8.00. The predicted octanol–water partition coefficient (Wildman–Crippen LogP) is 2.24. The molecular formula is C14H24N2O2S. The van der Waals surface area contributed by atoms with E-state index >= 15 is 0 Å². The molecule has 3 atom stereocenters. The summed E-state index contributed by atoms with van der Waals surface area (Å²) in [4.78, 5) is 14.3. The summed E-state index contributed by atoms with van der Waals surface area (Å²) in [5.41, 5.74) is 0. The fourth-order valence-electron chi connectivity index (χ4n) is 3.45. The van der Waals surface area contributed by atoms with Crippen LogP contribution in [0.15, 0.2) is 0 Å². The maximum absolute atomic E-state index is 12.3. The number of nitrogens with zero attached hydrogens (tertiary/aromatic N) is 1. The molecule has 4 nitrogen and oxygen atoms in total. The second kappa shape index (κ2) is 6.35. The lowest BCUT2D eigenvalue weighted by atomic mass is 10.1. The number of urea groups is 1. The van der Waals surface area contributed by atoms with E-state index in [2.05, 4.69) is 5.32 Å². The number of amides is 2. The number of hydrogen-bond donors (Lipinski definition) is 1. The number of carbonyl (C=O) groups is 1. The third-order valence-electron chi connectivity index (χ3n) is 4.46. The van der Waals surface area contributed by atoms with E-state index in [0.29, 0.717) is 11.3 Å². The molecule has 19 heavy (non-hydrogen) atoms. The molecule has 0 saturated carbocycles. The van der Waals surface area contributed by atoms with Gasteiger partial charge >= 0.3 is 6.03 Å². The van der Waals surface area contributed by atoms with Crippen molar-refractivity contribution in [2.75, 3.05) is 25.4 Å². The first-order valence-corrected chi connectivity index (χ1v) is 8.67. The Morgan fingerprint density at radius 3 is 2.95 bits per heavy atom. The molecular weight excluding hydrogens is 260 g/mol. The van der Waals surface area contributed by atoms with Crippen LogP contribution in [0.5, 0.6) is 0 Å². The van der Waals surface area contributed by atoms with E-state index in [9.17, 15) is 4.79 Å². The maximum Gasteiger partial charge on any atom is 0.317 e. The molecule has 0 aromatic rings. The smallest absolute Gasteiger partial charge is 0.317 e. The van der Waals surface area contributed by atoms with Crippen molar-refractivity contribution in [3.63, 3.8) is 0 Å². The molecule has 3 fully saturated rings. The summed E-state index contributed by atoms with van der Waals surface area (Å²) in [5.74, 6) is 1.25. The minimum Gasteiger partial charge on any atom is -0.376 e. The van der Waals surface area contributed by atoms with Gasteiger partial charge in [-0.25, -0.2) is 4.79 Å². The van der Waals surface area contributed by atoms with Gasteiger partial charge in [0.1, 0.15) is 0 Å². The molecule has 108 valence electrons. The van der Waals surface area contributed by atoms with E-state index in [1.807, 2.05) is 16.7 Å². The lowest BCUT2D eigenvalue weighted by Gasteiger charge is -2.29. The van der Waals surface area contributed by atoms with Gasteiger partial charge in [-0.1, -0.05) is 0 Å². The normalized spacial score (nSPS) is 34.9. The van der Waals surface area contributed by atoms with Crippen LogP contribution in [-0.2, 0) is 4.74 Å². The van der Waals surface area contributed by atoms with Gasteiger partial charge < -0.3 is 15.0 Å². The van der Waals surface area contributed by atoms with Crippen molar-refractivity contribution in [2.24, 2.45) is 0 Å². The molecule has 0 aromatic carbocycles. The van der Waals surface area contributed by atoms with Gasteiger partial charge in [0.2, 0.25) is 0 Å². The van der Waals surface area contributed by atoms with E-state index in [-0.39, 0.29) is 12.1 Å². The predicted molar refractivity (Wildman–Crippen MR) is 77.6 cm³/mol. The Bertz CT molecular complexity index is 315. The van der Waals surface area contributed by atoms with Crippen molar-refractivity contribution < 1.29 is 9.53 Å². The molecule has 0 unspecified atom stereocenters. The molecule has 3 heterocycles. The summed E-state index contributed by atoms with van der Waals surface area (Å²) >= 11 is 2.00. The Morgan fingerprint density at radius 2 is 2.21 bits per heavy atom. The number of ether oxygens (including phenoxy) is 1. The molecule has 0 bridgehead atoms. The summed E-state index contributed by atoms with van der Waals surface area (Å²) in [7, 11) is 0. The van der Waals surface area contributed by atoms with Crippen LogP contribution in [0.25, 0.3) is 0 Å². The second-order valence-corrected chi connectivity index (χ2v) is 7.18. The number of rotatable bonds is 3. The van der Waals surface area contributed by atoms with Crippen molar-refractivity contribution in [2.45, 2.75) is 55.9 Å². The second-order valence-electron chi connectivity index (χ2n) is 5.78. The van der Waals surface area contributed by atoms with Crippen LogP contribution >= 0.6 is 11.8 Å². The van der Waals surface area contributed by atoms with E-state index in [4.69, 9.17) is 4.74 Å². The molecule has 3 rings (SSSR count). The van der Waals surface area contributed by atoms with Crippen molar-refractivity contribution in [3.8, 4) is 0 Å². The summed E-state index contributed by atoms with van der Waals surface area (Å²) in [6.45, 7) is 2.60. The molecule has 5 heteroatoms. The lowest BCUT2D eigenvalue weighted by molar-refractivity contribution is 0.0521. The van der Waals surface area contributed by atoms with Crippen LogP contribution in [0.1, 0.15) is 38.5 Å². The number of carbonyl (C=O) groups excluding carboxylic acids is 1. The third kappa shape index (κ3) is 3.19. The van der Waals surface area contributed by atoms with E-state index < -0.39 is 0 Å². The van der Waals surface area contributed by atoms with E-state index in [1.165, 1.54) is 18.6 Å². The number of hydrogen-bond acceptors (Lipinski definition) is 3. The van der Waals surface area contributed by atoms with Gasteiger partial charge in [0, 0.05) is 24.9 Å². The third-order valence-corrected chi connectivity index (χ3v) is 5.86. The molecule has 3 saturated heterocycles. The first-order valence-electron chi connectivity index (χ1n) is 7.62. The van der Waals surface area contributed by atoms with Gasteiger partial charge in [0.15, 0.2) is 0 Å². The molecule has 0 radical (unpaired) electrons. The minimum atomic E-state index is 0.130.